The van der Waals surface area contributed by atoms with E-state index < -0.39 is 25.0 Å². The fourth-order valence-corrected chi connectivity index (χ4v) is 2.19. The maximum atomic E-state index is 13.0. The molecule has 1 unspecified atom stereocenters. The average molecular weight is 330 g/mol. The normalized spacial score (nSPS) is 20.6. The Morgan fingerprint density at radius 3 is 2.00 bits per heavy atom. The SMILES string of the molecule is CC(C)(C)OCC(O)CN1CCN(CC(F)(F)C(F)F)CC1. The van der Waals surface area contributed by atoms with Crippen molar-refractivity contribution in [1.29, 1.82) is 0 Å². The van der Waals surface area contributed by atoms with Crippen molar-refractivity contribution in [3.8, 4) is 0 Å². The van der Waals surface area contributed by atoms with Crippen molar-refractivity contribution in [3.05, 3.63) is 0 Å². The summed E-state index contributed by atoms with van der Waals surface area (Å²) in [5.74, 6) is -3.97. The van der Waals surface area contributed by atoms with Crippen molar-refractivity contribution in [2.75, 3.05) is 45.9 Å². The molecule has 0 aromatic rings. The van der Waals surface area contributed by atoms with Gasteiger partial charge in [-0.3, -0.25) is 9.80 Å². The van der Waals surface area contributed by atoms with Gasteiger partial charge in [0.2, 0.25) is 0 Å². The van der Waals surface area contributed by atoms with Crippen LogP contribution in [0.4, 0.5) is 17.6 Å². The van der Waals surface area contributed by atoms with E-state index in [-0.39, 0.29) is 25.3 Å². The zero-order valence-corrected chi connectivity index (χ0v) is 13.4. The minimum Gasteiger partial charge on any atom is -0.389 e. The molecule has 0 radical (unpaired) electrons. The lowest BCUT2D eigenvalue weighted by atomic mass is 10.2. The predicted molar refractivity (Wildman–Crippen MR) is 75.5 cm³/mol. The van der Waals surface area contributed by atoms with Gasteiger partial charge in [0.1, 0.15) is 0 Å². The highest BCUT2D eigenvalue weighted by atomic mass is 19.3. The number of rotatable bonds is 7. The van der Waals surface area contributed by atoms with Crippen LogP contribution in [0.3, 0.4) is 0 Å². The summed E-state index contributed by atoms with van der Waals surface area (Å²) in [6.45, 7) is 6.84. The number of aliphatic hydroxyl groups is 1. The smallest absolute Gasteiger partial charge is 0.319 e. The average Bonchev–Trinajstić information content (AvgIpc) is 2.37. The van der Waals surface area contributed by atoms with Gasteiger partial charge in [0.25, 0.3) is 0 Å². The first-order valence-corrected chi connectivity index (χ1v) is 7.42. The number of hydrogen-bond acceptors (Lipinski definition) is 4. The van der Waals surface area contributed by atoms with Crippen molar-refractivity contribution >= 4 is 0 Å². The minimum absolute atomic E-state index is 0.202. The van der Waals surface area contributed by atoms with Crippen molar-refractivity contribution in [2.45, 2.75) is 44.8 Å². The van der Waals surface area contributed by atoms with E-state index in [0.29, 0.717) is 19.6 Å². The second-order valence-electron chi connectivity index (χ2n) is 6.72. The van der Waals surface area contributed by atoms with Gasteiger partial charge in [-0.15, -0.1) is 0 Å². The van der Waals surface area contributed by atoms with Crippen LogP contribution in [-0.4, -0.2) is 84.8 Å². The second kappa shape index (κ2) is 7.90. The predicted octanol–water partition coefficient (Wildman–Crippen LogP) is 1.68. The van der Waals surface area contributed by atoms with Gasteiger partial charge >= 0.3 is 12.3 Å². The first-order valence-electron chi connectivity index (χ1n) is 7.42. The van der Waals surface area contributed by atoms with E-state index in [4.69, 9.17) is 4.74 Å². The first kappa shape index (κ1) is 19.6. The van der Waals surface area contributed by atoms with Crippen LogP contribution in [0.15, 0.2) is 0 Å². The lowest BCUT2D eigenvalue weighted by Crippen LogP contribution is -2.52. The van der Waals surface area contributed by atoms with Crippen molar-refractivity contribution in [3.63, 3.8) is 0 Å². The maximum absolute atomic E-state index is 13.0. The number of nitrogens with zero attached hydrogens (tertiary/aromatic N) is 2. The molecule has 1 aliphatic rings. The molecule has 0 saturated carbocycles. The molecule has 1 heterocycles. The molecule has 1 aliphatic heterocycles. The molecule has 8 heteroatoms. The molecule has 0 aromatic carbocycles. The Bertz CT molecular complexity index is 329. The number of halogens is 4. The van der Waals surface area contributed by atoms with E-state index in [9.17, 15) is 22.7 Å². The number of alkyl halides is 4. The number of ether oxygens (including phenoxy) is 1. The Balaban J connectivity index is 2.28. The van der Waals surface area contributed by atoms with Gasteiger partial charge in [-0.25, -0.2) is 8.78 Å². The Morgan fingerprint density at radius 1 is 1.05 bits per heavy atom. The summed E-state index contributed by atoms with van der Waals surface area (Å²) in [7, 11) is 0. The van der Waals surface area contributed by atoms with Gasteiger partial charge in [0.05, 0.1) is 24.9 Å². The van der Waals surface area contributed by atoms with Crippen LogP contribution in [0.25, 0.3) is 0 Å². The number of aliphatic hydroxyl groups excluding tert-OH is 1. The molecular formula is C14H26F4N2O2. The summed E-state index contributed by atoms with van der Waals surface area (Å²) in [6, 6.07) is 0. The van der Waals surface area contributed by atoms with Crippen LogP contribution in [-0.2, 0) is 4.74 Å². The van der Waals surface area contributed by atoms with Gasteiger partial charge < -0.3 is 9.84 Å². The molecule has 1 N–H and O–H groups in total. The number of piperazine rings is 1. The van der Waals surface area contributed by atoms with Crippen molar-refractivity contribution in [2.24, 2.45) is 0 Å². The molecule has 0 spiro atoms. The molecule has 1 fully saturated rings. The molecular weight excluding hydrogens is 304 g/mol. The Morgan fingerprint density at radius 2 is 1.55 bits per heavy atom. The fraction of sp³-hybridized carbons (Fsp3) is 1.00. The lowest BCUT2D eigenvalue weighted by molar-refractivity contribution is -0.145. The van der Waals surface area contributed by atoms with Crippen LogP contribution in [0.1, 0.15) is 20.8 Å². The second-order valence-corrected chi connectivity index (χ2v) is 6.72. The molecule has 132 valence electrons. The largest absolute Gasteiger partial charge is 0.389 e. The van der Waals surface area contributed by atoms with Gasteiger partial charge in [-0.05, 0) is 20.8 Å². The Kier molecular flexibility index (Phi) is 7.04. The molecule has 0 aliphatic carbocycles. The first-order chi connectivity index (χ1) is 9.99. The number of β-amino-alcohol motifs (C(OH)–C–C–N with tert-alkyl or cyclic N) is 1. The molecule has 0 aromatic heterocycles. The van der Waals surface area contributed by atoms with E-state index in [0.717, 1.165) is 0 Å². The zero-order chi connectivity index (χ0) is 17.0. The quantitative estimate of drug-likeness (QED) is 0.721. The van der Waals surface area contributed by atoms with Crippen molar-refractivity contribution in [1.82, 2.24) is 9.80 Å². The molecule has 0 amide bonds. The highest BCUT2D eigenvalue weighted by Gasteiger charge is 2.42. The van der Waals surface area contributed by atoms with Gasteiger partial charge in [0.15, 0.2) is 0 Å². The summed E-state index contributed by atoms with van der Waals surface area (Å²) < 4.78 is 55.8. The summed E-state index contributed by atoms with van der Waals surface area (Å²) in [5, 5.41) is 9.89. The van der Waals surface area contributed by atoms with Crippen LogP contribution < -0.4 is 0 Å². The zero-order valence-electron chi connectivity index (χ0n) is 13.4. The highest BCUT2D eigenvalue weighted by molar-refractivity contribution is 4.80. The van der Waals surface area contributed by atoms with Crippen LogP contribution in [0.5, 0.6) is 0 Å². The molecule has 4 nitrogen and oxygen atoms in total. The van der Waals surface area contributed by atoms with Gasteiger partial charge in [-0.2, -0.15) is 8.78 Å². The topological polar surface area (TPSA) is 35.9 Å². The summed E-state index contributed by atoms with van der Waals surface area (Å²) >= 11 is 0. The van der Waals surface area contributed by atoms with E-state index in [1.54, 1.807) is 0 Å². The molecule has 1 saturated heterocycles. The molecule has 0 bridgehead atoms. The molecule has 22 heavy (non-hydrogen) atoms. The third kappa shape index (κ3) is 7.21. The summed E-state index contributed by atoms with van der Waals surface area (Å²) in [5.41, 5.74) is -0.333. The fourth-order valence-electron chi connectivity index (χ4n) is 2.19. The molecule has 1 atom stereocenters. The van der Waals surface area contributed by atoms with E-state index in [2.05, 4.69) is 0 Å². The van der Waals surface area contributed by atoms with Crippen molar-refractivity contribution < 1.29 is 27.4 Å². The van der Waals surface area contributed by atoms with Gasteiger partial charge in [-0.1, -0.05) is 0 Å². The van der Waals surface area contributed by atoms with Crippen LogP contribution in [0, 0.1) is 0 Å². The molecule has 1 rings (SSSR count). The third-order valence-corrected chi connectivity index (χ3v) is 3.40. The number of hydrogen-bond donors (Lipinski definition) is 1. The summed E-state index contributed by atoms with van der Waals surface area (Å²) in [4.78, 5) is 3.26. The van der Waals surface area contributed by atoms with E-state index >= 15 is 0 Å². The lowest BCUT2D eigenvalue weighted by Gasteiger charge is -2.37. The third-order valence-electron chi connectivity index (χ3n) is 3.40. The highest BCUT2D eigenvalue weighted by Crippen LogP contribution is 2.24. The Hall–Kier alpha value is -0.440. The van der Waals surface area contributed by atoms with Gasteiger partial charge in [0, 0.05) is 32.7 Å². The standard InChI is InChI=1S/C14H26F4N2O2/c1-13(2,3)22-9-11(21)8-19-4-6-20(7-5-19)10-14(17,18)12(15)16/h11-12,21H,4-10H2,1-3H3. The van der Waals surface area contributed by atoms with Crippen LogP contribution in [0.2, 0.25) is 0 Å². The minimum atomic E-state index is -3.97. The van der Waals surface area contributed by atoms with E-state index in [1.165, 1.54) is 4.90 Å². The van der Waals surface area contributed by atoms with Crippen LogP contribution >= 0.6 is 0 Å². The Labute approximate surface area is 129 Å². The van der Waals surface area contributed by atoms with E-state index in [1.807, 2.05) is 25.7 Å². The monoisotopic (exact) mass is 330 g/mol. The summed E-state index contributed by atoms with van der Waals surface area (Å²) in [6.07, 6.45) is -4.30. The maximum Gasteiger partial charge on any atom is 0.319 e.